The van der Waals surface area contributed by atoms with Gasteiger partial charge in [-0.3, -0.25) is 0 Å². The summed E-state index contributed by atoms with van der Waals surface area (Å²) in [6, 6.07) is 6.55. The molecule has 0 amide bonds. The molecule has 0 unspecified atom stereocenters. The highest BCUT2D eigenvalue weighted by molar-refractivity contribution is 5.56. The van der Waals surface area contributed by atoms with Gasteiger partial charge in [0.05, 0.1) is 0 Å². The van der Waals surface area contributed by atoms with Gasteiger partial charge >= 0.3 is 0 Å². The summed E-state index contributed by atoms with van der Waals surface area (Å²) >= 11 is 0. The van der Waals surface area contributed by atoms with Gasteiger partial charge in [-0.2, -0.15) is 0 Å². The molecule has 2 aliphatic rings. The van der Waals surface area contributed by atoms with Gasteiger partial charge in [0.15, 0.2) is 0 Å². The first-order chi connectivity index (χ1) is 9.68. The molecule has 1 N–H and O–H groups in total. The van der Waals surface area contributed by atoms with Crippen LogP contribution in [0.3, 0.4) is 0 Å². The first-order valence-electron chi connectivity index (χ1n) is 7.97. The number of fused-ring (bicyclic) bond motifs is 1. The van der Waals surface area contributed by atoms with Crippen molar-refractivity contribution in [2.24, 2.45) is 0 Å². The van der Waals surface area contributed by atoms with E-state index in [0.29, 0.717) is 0 Å². The maximum atomic E-state index is 6.34. The topological polar surface area (TPSA) is 24.5 Å². The molecule has 1 saturated heterocycles. The van der Waals surface area contributed by atoms with E-state index in [-0.39, 0.29) is 5.60 Å². The van der Waals surface area contributed by atoms with Crippen molar-refractivity contribution in [2.75, 3.05) is 31.5 Å². The molecule has 1 aromatic rings. The van der Waals surface area contributed by atoms with Crippen molar-refractivity contribution in [3.05, 3.63) is 23.8 Å². The van der Waals surface area contributed by atoms with E-state index in [2.05, 4.69) is 42.3 Å². The SMILES string of the molecule is CCN1CCC(C)(Oc2ccc3c(c2)NCCC3)CC1. The molecule has 0 bridgehead atoms. The van der Waals surface area contributed by atoms with Gasteiger partial charge in [0.2, 0.25) is 0 Å². The van der Waals surface area contributed by atoms with Crippen LogP contribution in [-0.4, -0.2) is 36.7 Å². The Morgan fingerprint density at radius 3 is 2.85 bits per heavy atom. The monoisotopic (exact) mass is 274 g/mol. The minimum Gasteiger partial charge on any atom is -0.487 e. The van der Waals surface area contributed by atoms with Crippen LogP contribution in [0, 0.1) is 0 Å². The molecule has 2 aliphatic heterocycles. The van der Waals surface area contributed by atoms with Crippen LogP contribution in [0.1, 0.15) is 38.7 Å². The molecule has 1 aromatic carbocycles. The number of hydrogen-bond donors (Lipinski definition) is 1. The number of anilines is 1. The highest BCUT2D eigenvalue weighted by Gasteiger charge is 2.31. The standard InChI is InChI=1S/C17H26N2O/c1-3-19-11-8-17(2,9-12-19)20-15-7-6-14-5-4-10-18-16(14)13-15/h6-7,13,18H,3-5,8-12H2,1-2H3. The average Bonchev–Trinajstić information content (AvgIpc) is 2.48. The summed E-state index contributed by atoms with van der Waals surface area (Å²) in [5.74, 6) is 1.02. The Kier molecular flexibility index (Phi) is 3.88. The van der Waals surface area contributed by atoms with Gasteiger partial charge in [-0.05, 0) is 50.8 Å². The van der Waals surface area contributed by atoms with E-state index in [4.69, 9.17) is 4.74 Å². The third kappa shape index (κ3) is 2.93. The summed E-state index contributed by atoms with van der Waals surface area (Å²) in [7, 11) is 0. The Labute approximate surface area is 122 Å². The Morgan fingerprint density at radius 1 is 1.30 bits per heavy atom. The molecule has 20 heavy (non-hydrogen) atoms. The third-order valence-corrected chi connectivity index (χ3v) is 4.74. The second-order valence-corrected chi connectivity index (χ2v) is 6.34. The quantitative estimate of drug-likeness (QED) is 0.915. The van der Waals surface area contributed by atoms with Gasteiger partial charge in [-0.1, -0.05) is 13.0 Å². The lowest BCUT2D eigenvalue weighted by Gasteiger charge is -2.39. The molecular formula is C17H26N2O. The Hall–Kier alpha value is -1.22. The summed E-state index contributed by atoms with van der Waals surface area (Å²) in [6.07, 6.45) is 4.65. The van der Waals surface area contributed by atoms with Gasteiger partial charge in [0.25, 0.3) is 0 Å². The van der Waals surface area contributed by atoms with E-state index in [1.165, 1.54) is 24.1 Å². The second kappa shape index (κ2) is 5.65. The fourth-order valence-corrected chi connectivity index (χ4v) is 3.23. The fraction of sp³-hybridized carbons (Fsp3) is 0.647. The lowest BCUT2D eigenvalue weighted by atomic mass is 9.93. The molecule has 0 aromatic heterocycles. The largest absolute Gasteiger partial charge is 0.487 e. The van der Waals surface area contributed by atoms with E-state index in [1.54, 1.807) is 0 Å². The zero-order valence-electron chi connectivity index (χ0n) is 12.7. The van der Waals surface area contributed by atoms with Crippen LogP contribution < -0.4 is 10.1 Å². The van der Waals surface area contributed by atoms with E-state index in [1.807, 2.05) is 0 Å². The van der Waals surface area contributed by atoms with Gasteiger partial charge in [0.1, 0.15) is 11.4 Å². The zero-order valence-corrected chi connectivity index (χ0v) is 12.7. The van der Waals surface area contributed by atoms with Crippen molar-refractivity contribution >= 4 is 5.69 Å². The van der Waals surface area contributed by atoms with Gasteiger partial charge in [-0.15, -0.1) is 0 Å². The second-order valence-electron chi connectivity index (χ2n) is 6.34. The molecule has 0 radical (unpaired) electrons. The molecule has 0 atom stereocenters. The molecule has 2 heterocycles. The predicted octanol–water partition coefficient (Wildman–Crippen LogP) is 3.30. The highest BCUT2D eigenvalue weighted by Crippen LogP contribution is 2.32. The van der Waals surface area contributed by atoms with E-state index < -0.39 is 0 Å². The molecule has 110 valence electrons. The highest BCUT2D eigenvalue weighted by atomic mass is 16.5. The number of piperidine rings is 1. The molecule has 0 spiro atoms. The van der Waals surface area contributed by atoms with Crippen molar-refractivity contribution in [1.29, 1.82) is 0 Å². The molecule has 1 fully saturated rings. The number of ether oxygens (including phenoxy) is 1. The molecule has 0 saturated carbocycles. The first kappa shape index (κ1) is 13.7. The Balaban J connectivity index is 1.68. The maximum absolute atomic E-state index is 6.34. The van der Waals surface area contributed by atoms with Crippen LogP contribution in [0.2, 0.25) is 0 Å². The summed E-state index contributed by atoms with van der Waals surface area (Å²) in [5.41, 5.74) is 2.69. The van der Waals surface area contributed by atoms with Crippen molar-refractivity contribution in [3.8, 4) is 5.75 Å². The van der Waals surface area contributed by atoms with Crippen LogP contribution in [0.25, 0.3) is 0 Å². The van der Waals surface area contributed by atoms with Crippen LogP contribution >= 0.6 is 0 Å². The van der Waals surface area contributed by atoms with Crippen LogP contribution in [0.15, 0.2) is 18.2 Å². The zero-order chi connectivity index (χ0) is 14.0. The predicted molar refractivity (Wildman–Crippen MR) is 83.6 cm³/mol. The molecular weight excluding hydrogens is 248 g/mol. The summed E-state index contributed by atoms with van der Waals surface area (Å²) in [5, 5.41) is 3.48. The molecule has 3 rings (SSSR count). The number of benzene rings is 1. The number of likely N-dealkylation sites (tertiary alicyclic amines) is 1. The normalized spacial score (nSPS) is 21.9. The van der Waals surface area contributed by atoms with E-state index >= 15 is 0 Å². The molecule has 3 heteroatoms. The van der Waals surface area contributed by atoms with Crippen molar-refractivity contribution in [1.82, 2.24) is 4.90 Å². The van der Waals surface area contributed by atoms with E-state index in [9.17, 15) is 0 Å². The van der Waals surface area contributed by atoms with Crippen molar-refractivity contribution in [2.45, 2.75) is 45.1 Å². The minimum absolute atomic E-state index is 0.00538. The summed E-state index contributed by atoms with van der Waals surface area (Å²) in [6.45, 7) is 9.02. The first-order valence-corrected chi connectivity index (χ1v) is 7.97. The number of rotatable bonds is 3. The minimum atomic E-state index is -0.00538. The van der Waals surface area contributed by atoms with Gasteiger partial charge < -0.3 is 15.0 Å². The van der Waals surface area contributed by atoms with E-state index in [0.717, 1.165) is 44.8 Å². The molecule has 0 aliphatic carbocycles. The van der Waals surface area contributed by atoms with Crippen molar-refractivity contribution < 1.29 is 4.74 Å². The fourth-order valence-electron chi connectivity index (χ4n) is 3.23. The van der Waals surface area contributed by atoms with Gasteiger partial charge in [0, 0.05) is 31.4 Å². The lowest BCUT2D eigenvalue weighted by Crippen LogP contribution is -2.45. The van der Waals surface area contributed by atoms with Gasteiger partial charge in [-0.25, -0.2) is 0 Å². The number of nitrogens with zero attached hydrogens (tertiary/aromatic N) is 1. The van der Waals surface area contributed by atoms with Crippen LogP contribution in [0.4, 0.5) is 5.69 Å². The van der Waals surface area contributed by atoms with Crippen LogP contribution in [-0.2, 0) is 6.42 Å². The summed E-state index contributed by atoms with van der Waals surface area (Å²) < 4.78 is 6.34. The molecule has 3 nitrogen and oxygen atoms in total. The average molecular weight is 274 g/mol. The Morgan fingerprint density at radius 2 is 2.10 bits per heavy atom. The Bertz CT molecular complexity index is 464. The lowest BCUT2D eigenvalue weighted by molar-refractivity contribution is 0.0183. The third-order valence-electron chi connectivity index (χ3n) is 4.74. The number of hydrogen-bond acceptors (Lipinski definition) is 3. The maximum Gasteiger partial charge on any atom is 0.122 e. The number of aryl methyl sites for hydroxylation is 1. The smallest absolute Gasteiger partial charge is 0.122 e. The summed E-state index contributed by atoms with van der Waals surface area (Å²) in [4.78, 5) is 2.50. The van der Waals surface area contributed by atoms with Crippen LogP contribution in [0.5, 0.6) is 5.75 Å². The number of nitrogens with one attached hydrogen (secondary N) is 1. The van der Waals surface area contributed by atoms with Crippen molar-refractivity contribution in [3.63, 3.8) is 0 Å².